The third-order valence-corrected chi connectivity index (χ3v) is 5.98. The van der Waals surface area contributed by atoms with Gasteiger partial charge in [0.15, 0.2) is 5.96 Å². The molecule has 3 rings (SSSR count). The molecule has 1 unspecified atom stereocenters. The minimum absolute atomic E-state index is 0. The average molecular weight is 448 g/mol. The Bertz CT molecular complexity index is 510. The first-order valence-corrected chi connectivity index (χ1v) is 9.38. The highest BCUT2D eigenvalue weighted by Gasteiger charge is 2.29. The van der Waals surface area contributed by atoms with Crippen LogP contribution in [0.5, 0.6) is 0 Å². The van der Waals surface area contributed by atoms with Gasteiger partial charge in [0.05, 0.1) is 6.54 Å². The van der Waals surface area contributed by atoms with Crippen LogP contribution in [-0.2, 0) is 6.54 Å². The van der Waals surface area contributed by atoms with E-state index in [-0.39, 0.29) is 24.0 Å². The summed E-state index contributed by atoms with van der Waals surface area (Å²) in [7, 11) is 1.90. The third kappa shape index (κ3) is 4.82. The van der Waals surface area contributed by atoms with E-state index in [1.165, 1.54) is 49.2 Å². The number of hydrogen-bond donors (Lipinski definition) is 1. The summed E-state index contributed by atoms with van der Waals surface area (Å²) in [5.41, 5.74) is 1.38. The summed E-state index contributed by atoms with van der Waals surface area (Å²) in [6, 6.07) is 2.91. The molecule has 2 fully saturated rings. The number of halogens is 1. The number of piperidine rings is 1. The van der Waals surface area contributed by atoms with Gasteiger partial charge < -0.3 is 10.2 Å². The highest BCUT2D eigenvalue weighted by Crippen LogP contribution is 2.20. The maximum absolute atomic E-state index is 4.50. The van der Waals surface area contributed by atoms with Crippen molar-refractivity contribution < 1.29 is 0 Å². The third-order valence-electron chi connectivity index (χ3n) is 4.96. The van der Waals surface area contributed by atoms with Gasteiger partial charge in [-0.05, 0) is 56.3 Å². The summed E-state index contributed by atoms with van der Waals surface area (Å²) in [4.78, 5) is 11.0. The van der Waals surface area contributed by atoms with Crippen molar-refractivity contribution in [2.75, 3.05) is 33.2 Å². The molecular weight excluding hydrogens is 419 g/mol. The topological polar surface area (TPSA) is 30.9 Å². The molecule has 1 N–H and O–H groups in total. The Morgan fingerprint density at radius 3 is 2.74 bits per heavy atom. The van der Waals surface area contributed by atoms with Crippen LogP contribution in [0.25, 0.3) is 0 Å². The van der Waals surface area contributed by atoms with E-state index < -0.39 is 0 Å². The molecule has 0 bridgehead atoms. The first-order chi connectivity index (χ1) is 10.8. The fourth-order valence-corrected chi connectivity index (χ4v) is 4.44. The van der Waals surface area contributed by atoms with E-state index in [0.29, 0.717) is 0 Å². The van der Waals surface area contributed by atoms with E-state index in [2.05, 4.69) is 38.5 Å². The molecule has 1 aromatic heterocycles. The van der Waals surface area contributed by atoms with Crippen LogP contribution < -0.4 is 5.32 Å². The molecule has 2 saturated heterocycles. The molecule has 23 heavy (non-hydrogen) atoms. The number of rotatable bonds is 3. The Labute approximate surface area is 161 Å². The smallest absolute Gasteiger partial charge is 0.193 e. The number of hydrogen-bond acceptors (Lipinski definition) is 3. The maximum atomic E-state index is 4.50. The van der Waals surface area contributed by atoms with Gasteiger partial charge in [0.25, 0.3) is 0 Å². The van der Waals surface area contributed by atoms with E-state index in [1.807, 2.05) is 18.4 Å². The molecule has 1 atom stereocenters. The summed E-state index contributed by atoms with van der Waals surface area (Å²) in [5.74, 6) is 1.06. The number of nitrogens with zero attached hydrogens (tertiary/aromatic N) is 3. The predicted octanol–water partition coefficient (Wildman–Crippen LogP) is 3.31. The van der Waals surface area contributed by atoms with Crippen LogP contribution in [0, 0.1) is 6.92 Å². The summed E-state index contributed by atoms with van der Waals surface area (Å²) < 4.78 is 0. The second kappa shape index (κ2) is 9.22. The Hall–Kier alpha value is -0.340. The molecule has 0 saturated carbocycles. The van der Waals surface area contributed by atoms with Gasteiger partial charge in [0.2, 0.25) is 0 Å². The molecule has 2 aliphatic rings. The van der Waals surface area contributed by atoms with Gasteiger partial charge in [-0.25, -0.2) is 0 Å². The van der Waals surface area contributed by atoms with Crippen molar-refractivity contribution in [3.05, 3.63) is 21.9 Å². The molecule has 2 aliphatic heterocycles. The van der Waals surface area contributed by atoms with Crippen molar-refractivity contribution in [2.24, 2.45) is 4.99 Å². The Morgan fingerprint density at radius 1 is 1.30 bits per heavy atom. The van der Waals surface area contributed by atoms with Gasteiger partial charge in [-0.1, -0.05) is 6.42 Å². The minimum atomic E-state index is 0. The molecule has 0 spiro atoms. The quantitative estimate of drug-likeness (QED) is 0.438. The molecular formula is C17H29IN4S. The normalized spacial score (nSPS) is 23.0. The minimum Gasteiger partial charge on any atom is -0.351 e. The van der Waals surface area contributed by atoms with Gasteiger partial charge in [0, 0.05) is 31.1 Å². The molecule has 3 heterocycles. The van der Waals surface area contributed by atoms with E-state index >= 15 is 0 Å². The molecule has 130 valence electrons. The summed E-state index contributed by atoms with van der Waals surface area (Å²) in [6.45, 7) is 7.91. The zero-order chi connectivity index (χ0) is 15.4. The summed E-state index contributed by atoms with van der Waals surface area (Å²) in [6.07, 6.45) is 5.44. The number of thiophene rings is 1. The zero-order valence-electron chi connectivity index (χ0n) is 14.3. The van der Waals surface area contributed by atoms with Crippen LogP contribution >= 0.6 is 35.3 Å². The van der Waals surface area contributed by atoms with Gasteiger partial charge in [0.1, 0.15) is 0 Å². The predicted molar refractivity (Wildman–Crippen MR) is 110 cm³/mol. The Morgan fingerprint density at radius 2 is 2.09 bits per heavy atom. The summed E-state index contributed by atoms with van der Waals surface area (Å²) in [5, 5.41) is 5.71. The number of guanidine groups is 1. The Kier molecular flexibility index (Phi) is 7.62. The number of aryl methyl sites for hydroxylation is 1. The second-order valence-corrected chi connectivity index (χ2v) is 7.41. The molecule has 6 heteroatoms. The van der Waals surface area contributed by atoms with Crippen molar-refractivity contribution in [1.29, 1.82) is 0 Å². The van der Waals surface area contributed by atoms with Crippen molar-refractivity contribution in [3.8, 4) is 0 Å². The van der Waals surface area contributed by atoms with Crippen LogP contribution in [0.1, 0.15) is 36.1 Å². The first kappa shape index (κ1) is 19.0. The van der Waals surface area contributed by atoms with Crippen molar-refractivity contribution >= 4 is 41.3 Å². The summed E-state index contributed by atoms with van der Waals surface area (Å²) >= 11 is 1.82. The first-order valence-electron chi connectivity index (χ1n) is 8.50. The highest BCUT2D eigenvalue weighted by atomic mass is 127. The number of nitrogens with one attached hydrogen (secondary N) is 1. The molecule has 0 amide bonds. The molecule has 1 aromatic rings. The second-order valence-electron chi connectivity index (χ2n) is 6.41. The SMILES string of the molecule is CN=C(NCc1sccc1C)N1CCC(N2CCCCC2)C1.I. The number of likely N-dealkylation sites (tertiary alicyclic amines) is 2. The van der Waals surface area contributed by atoms with Crippen molar-refractivity contribution in [3.63, 3.8) is 0 Å². The molecule has 0 radical (unpaired) electrons. The van der Waals surface area contributed by atoms with E-state index in [0.717, 1.165) is 31.6 Å². The van der Waals surface area contributed by atoms with Crippen LogP contribution in [0.2, 0.25) is 0 Å². The monoisotopic (exact) mass is 448 g/mol. The molecule has 0 aromatic carbocycles. The largest absolute Gasteiger partial charge is 0.351 e. The lowest BCUT2D eigenvalue weighted by molar-refractivity contribution is 0.168. The van der Waals surface area contributed by atoms with Crippen molar-refractivity contribution in [1.82, 2.24) is 15.1 Å². The van der Waals surface area contributed by atoms with Crippen LogP contribution in [-0.4, -0.2) is 55.0 Å². The fourth-order valence-electron chi connectivity index (χ4n) is 3.59. The van der Waals surface area contributed by atoms with Gasteiger partial charge >= 0.3 is 0 Å². The van der Waals surface area contributed by atoms with Crippen LogP contribution in [0.15, 0.2) is 16.4 Å². The Balaban J connectivity index is 0.00000192. The fraction of sp³-hybridized carbons (Fsp3) is 0.706. The number of aliphatic imine (C=N–C) groups is 1. The highest BCUT2D eigenvalue weighted by molar-refractivity contribution is 14.0. The van der Waals surface area contributed by atoms with E-state index in [9.17, 15) is 0 Å². The van der Waals surface area contributed by atoms with Gasteiger partial charge in [-0.15, -0.1) is 35.3 Å². The lowest BCUT2D eigenvalue weighted by atomic mass is 10.1. The standard InChI is InChI=1S/C17H28N4S.HI/c1-14-7-11-22-16(14)12-19-17(18-2)21-10-6-15(13-21)20-8-4-3-5-9-20;/h7,11,15H,3-6,8-10,12-13H2,1-2H3,(H,18,19);1H. The van der Waals surface area contributed by atoms with Crippen LogP contribution in [0.4, 0.5) is 0 Å². The zero-order valence-corrected chi connectivity index (χ0v) is 17.4. The van der Waals surface area contributed by atoms with Gasteiger partial charge in [-0.2, -0.15) is 0 Å². The average Bonchev–Trinajstić information content (AvgIpc) is 3.19. The lowest BCUT2D eigenvalue weighted by Crippen LogP contribution is -2.44. The van der Waals surface area contributed by atoms with Crippen molar-refractivity contribution in [2.45, 2.75) is 45.2 Å². The molecule has 4 nitrogen and oxygen atoms in total. The maximum Gasteiger partial charge on any atom is 0.193 e. The van der Waals surface area contributed by atoms with Crippen LogP contribution in [0.3, 0.4) is 0 Å². The van der Waals surface area contributed by atoms with E-state index in [1.54, 1.807) is 0 Å². The van der Waals surface area contributed by atoms with Gasteiger partial charge in [-0.3, -0.25) is 9.89 Å². The lowest BCUT2D eigenvalue weighted by Gasteiger charge is -2.32. The molecule has 0 aliphatic carbocycles. The van der Waals surface area contributed by atoms with E-state index in [4.69, 9.17) is 0 Å².